The third-order valence-electron chi connectivity index (χ3n) is 3.42. The molecule has 1 fully saturated rings. The molecular formula is C12H22N2O3. The first-order valence-corrected chi connectivity index (χ1v) is 6.21. The van der Waals surface area contributed by atoms with Crippen LogP contribution in [0.25, 0.3) is 0 Å². The van der Waals surface area contributed by atoms with Crippen molar-refractivity contribution >= 4 is 12.0 Å². The minimum absolute atomic E-state index is 0.141. The molecule has 1 aliphatic rings. The van der Waals surface area contributed by atoms with Crippen molar-refractivity contribution in [2.45, 2.75) is 27.2 Å². The predicted octanol–water partition coefficient (Wildman–Crippen LogP) is 1.49. The minimum atomic E-state index is -0.959. The van der Waals surface area contributed by atoms with Gasteiger partial charge in [0.25, 0.3) is 0 Å². The van der Waals surface area contributed by atoms with Crippen molar-refractivity contribution in [3.63, 3.8) is 0 Å². The summed E-state index contributed by atoms with van der Waals surface area (Å²) >= 11 is 0. The lowest BCUT2D eigenvalue weighted by atomic mass is 9.95. The molecule has 1 N–H and O–H groups in total. The second-order valence-electron chi connectivity index (χ2n) is 4.93. The quantitative estimate of drug-likeness (QED) is 0.812. The van der Waals surface area contributed by atoms with Gasteiger partial charge in [0.1, 0.15) is 6.54 Å². The van der Waals surface area contributed by atoms with Gasteiger partial charge < -0.3 is 14.9 Å². The summed E-state index contributed by atoms with van der Waals surface area (Å²) in [7, 11) is 0. The first-order valence-electron chi connectivity index (χ1n) is 6.21. The van der Waals surface area contributed by atoms with Crippen LogP contribution in [0.15, 0.2) is 0 Å². The monoisotopic (exact) mass is 242 g/mol. The second-order valence-corrected chi connectivity index (χ2v) is 4.93. The molecule has 1 rings (SSSR count). The molecular weight excluding hydrogens is 220 g/mol. The highest BCUT2D eigenvalue weighted by molar-refractivity contribution is 5.80. The number of likely N-dealkylation sites (tertiary alicyclic amines) is 1. The lowest BCUT2D eigenvalue weighted by molar-refractivity contribution is -0.137. The van der Waals surface area contributed by atoms with Crippen molar-refractivity contribution in [1.82, 2.24) is 9.80 Å². The van der Waals surface area contributed by atoms with Gasteiger partial charge in [0.2, 0.25) is 0 Å². The number of hydrogen-bond donors (Lipinski definition) is 1. The van der Waals surface area contributed by atoms with Gasteiger partial charge in [-0.3, -0.25) is 4.79 Å². The zero-order valence-electron chi connectivity index (χ0n) is 10.8. The molecule has 5 heteroatoms. The third kappa shape index (κ3) is 3.61. The standard InChI is InChI=1S/C12H22N2O3/c1-4-13(8-11(15)16)12(17)14-6-5-10(7-14)9(2)3/h9-10H,4-8H2,1-3H3,(H,15,16). The summed E-state index contributed by atoms with van der Waals surface area (Å²) in [5.74, 6) is 0.157. The van der Waals surface area contributed by atoms with Crippen molar-refractivity contribution in [2.75, 3.05) is 26.2 Å². The van der Waals surface area contributed by atoms with E-state index in [1.807, 2.05) is 0 Å². The Morgan fingerprint density at radius 3 is 2.53 bits per heavy atom. The van der Waals surface area contributed by atoms with Gasteiger partial charge in [0, 0.05) is 19.6 Å². The van der Waals surface area contributed by atoms with Crippen molar-refractivity contribution in [1.29, 1.82) is 0 Å². The molecule has 1 unspecified atom stereocenters. The molecule has 0 saturated carbocycles. The minimum Gasteiger partial charge on any atom is -0.480 e. The highest BCUT2D eigenvalue weighted by atomic mass is 16.4. The molecule has 0 radical (unpaired) electrons. The van der Waals surface area contributed by atoms with Crippen LogP contribution in [-0.2, 0) is 4.79 Å². The molecule has 1 aliphatic heterocycles. The van der Waals surface area contributed by atoms with E-state index in [0.717, 1.165) is 19.5 Å². The van der Waals surface area contributed by atoms with E-state index in [0.29, 0.717) is 18.4 Å². The number of aliphatic carboxylic acids is 1. The molecule has 0 aromatic rings. The van der Waals surface area contributed by atoms with E-state index >= 15 is 0 Å². The van der Waals surface area contributed by atoms with Gasteiger partial charge in [-0.15, -0.1) is 0 Å². The van der Waals surface area contributed by atoms with Crippen LogP contribution in [0, 0.1) is 11.8 Å². The van der Waals surface area contributed by atoms with Gasteiger partial charge >= 0.3 is 12.0 Å². The van der Waals surface area contributed by atoms with Gasteiger partial charge in [-0.25, -0.2) is 4.79 Å². The number of carboxylic acid groups (broad SMARTS) is 1. The zero-order chi connectivity index (χ0) is 13.0. The van der Waals surface area contributed by atoms with E-state index in [1.54, 1.807) is 11.8 Å². The van der Waals surface area contributed by atoms with Crippen LogP contribution in [0.2, 0.25) is 0 Å². The number of carbonyl (C=O) groups excluding carboxylic acids is 1. The third-order valence-corrected chi connectivity index (χ3v) is 3.42. The van der Waals surface area contributed by atoms with E-state index in [4.69, 9.17) is 5.11 Å². The summed E-state index contributed by atoms with van der Waals surface area (Å²) in [6.45, 7) is 7.86. The molecule has 98 valence electrons. The summed E-state index contributed by atoms with van der Waals surface area (Å²) < 4.78 is 0. The second kappa shape index (κ2) is 5.89. The van der Waals surface area contributed by atoms with E-state index < -0.39 is 5.97 Å². The Balaban J connectivity index is 2.55. The van der Waals surface area contributed by atoms with E-state index in [2.05, 4.69) is 13.8 Å². The van der Waals surface area contributed by atoms with Crippen LogP contribution in [0.3, 0.4) is 0 Å². The van der Waals surface area contributed by atoms with Crippen LogP contribution < -0.4 is 0 Å². The fourth-order valence-electron chi connectivity index (χ4n) is 2.18. The largest absolute Gasteiger partial charge is 0.480 e. The van der Waals surface area contributed by atoms with Crippen molar-refractivity contribution in [2.24, 2.45) is 11.8 Å². The van der Waals surface area contributed by atoms with Crippen molar-refractivity contribution < 1.29 is 14.7 Å². The predicted molar refractivity (Wildman–Crippen MR) is 64.8 cm³/mol. The number of amides is 2. The Morgan fingerprint density at radius 2 is 2.12 bits per heavy atom. The molecule has 0 bridgehead atoms. The summed E-state index contributed by atoms with van der Waals surface area (Å²) in [6, 6.07) is -0.141. The fraction of sp³-hybridized carbons (Fsp3) is 0.833. The molecule has 17 heavy (non-hydrogen) atoms. The smallest absolute Gasteiger partial charge is 0.323 e. The molecule has 1 saturated heterocycles. The Labute approximate surface area is 102 Å². The fourth-order valence-corrected chi connectivity index (χ4v) is 2.18. The summed E-state index contributed by atoms with van der Waals surface area (Å²) in [6.07, 6.45) is 1.02. The molecule has 0 aromatic heterocycles. The number of carboxylic acids is 1. The number of urea groups is 1. The molecule has 0 spiro atoms. The zero-order valence-corrected chi connectivity index (χ0v) is 10.8. The lowest BCUT2D eigenvalue weighted by Gasteiger charge is -2.26. The van der Waals surface area contributed by atoms with Gasteiger partial charge in [-0.2, -0.15) is 0 Å². The van der Waals surface area contributed by atoms with Crippen LogP contribution in [-0.4, -0.2) is 53.1 Å². The van der Waals surface area contributed by atoms with Crippen LogP contribution in [0.1, 0.15) is 27.2 Å². The first kappa shape index (κ1) is 13.8. The van der Waals surface area contributed by atoms with Crippen LogP contribution in [0.5, 0.6) is 0 Å². The maximum absolute atomic E-state index is 12.1. The van der Waals surface area contributed by atoms with Crippen LogP contribution >= 0.6 is 0 Å². The van der Waals surface area contributed by atoms with E-state index in [9.17, 15) is 9.59 Å². The highest BCUT2D eigenvalue weighted by Gasteiger charge is 2.30. The highest BCUT2D eigenvalue weighted by Crippen LogP contribution is 2.24. The van der Waals surface area contributed by atoms with Gasteiger partial charge in [0.15, 0.2) is 0 Å². The molecule has 1 heterocycles. The number of carbonyl (C=O) groups is 2. The average Bonchev–Trinajstić information content (AvgIpc) is 2.73. The molecule has 5 nitrogen and oxygen atoms in total. The Kier molecular flexibility index (Phi) is 4.78. The normalized spacial score (nSPS) is 19.8. The SMILES string of the molecule is CCN(CC(=O)O)C(=O)N1CCC(C(C)C)C1. The first-order chi connectivity index (χ1) is 7.95. The molecule has 0 aliphatic carbocycles. The topological polar surface area (TPSA) is 60.9 Å². The Bertz CT molecular complexity index is 291. The van der Waals surface area contributed by atoms with Crippen LogP contribution in [0.4, 0.5) is 4.79 Å². The molecule has 0 aromatic carbocycles. The molecule has 2 amide bonds. The lowest BCUT2D eigenvalue weighted by Crippen LogP contribution is -2.44. The maximum Gasteiger partial charge on any atom is 0.323 e. The Hall–Kier alpha value is -1.26. The van der Waals surface area contributed by atoms with E-state index in [1.165, 1.54) is 4.90 Å². The van der Waals surface area contributed by atoms with Gasteiger partial charge in [0.05, 0.1) is 0 Å². The average molecular weight is 242 g/mol. The van der Waals surface area contributed by atoms with E-state index in [-0.39, 0.29) is 12.6 Å². The molecule has 1 atom stereocenters. The number of nitrogens with zero attached hydrogens (tertiary/aromatic N) is 2. The summed E-state index contributed by atoms with van der Waals surface area (Å²) in [4.78, 5) is 25.9. The summed E-state index contributed by atoms with van der Waals surface area (Å²) in [5.41, 5.74) is 0. The van der Waals surface area contributed by atoms with Crippen molar-refractivity contribution in [3.8, 4) is 0 Å². The summed E-state index contributed by atoms with van der Waals surface area (Å²) in [5, 5.41) is 8.73. The number of hydrogen-bond acceptors (Lipinski definition) is 2. The van der Waals surface area contributed by atoms with Crippen molar-refractivity contribution in [3.05, 3.63) is 0 Å². The number of likely N-dealkylation sites (N-methyl/N-ethyl adjacent to an activating group) is 1. The Morgan fingerprint density at radius 1 is 1.47 bits per heavy atom. The van der Waals surface area contributed by atoms with Gasteiger partial charge in [-0.1, -0.05) is 13.8 Å². The van der Waals surface area contributed by atoms with Gasteiger partial charge in [-0.05, 0) is 25.2 Å². The maximum atomic E-state index is 12.1. The number of rotatable bonds is 4.